The van der Waals surface area contributed by atoms with Crippen molar-refractivity contribution in [1.82, 2.24) is 24.9 Å². The Morgan fingerprint density at radius 2 is 2.00 bits per heavy atom. The lowest BCUT2D eigenvalue weighted by molar-refractivity contribution is 0.161. The number of urea groups is 1. The van der Waals surface area contributed by atoms with Crippen molar-refractivity contribution in [3.05, 3.63) is 53.4 Å². The first-order chi connectivity index (χ1) is 13.1. The van der Waals surface area contributed by atoms with Crippen molar-refractivity contribution in [2.24, 2.45) is 0 Å². The molecule has 2 aliphatic rings. The number of amides is 2. The summed E-state index contributed by atoms with van der Waals surface area (Å²) in [4.78, 5) is 16.3. The first kappa shape index (κ1) is 17.9. The van der Waals surface area contributed by atoms with Crippen LogP contribution in [0.1, 0.15) is 30.1 Å². The number of aromatic nitrogens is 2. The molecule has 144 valence electrons. The summed E-state index contributed by atoms with van der Waals surface area (Å²) in [5.74, 6) is -1.66. The third-order valence-electron chi connectivity index (χ3n) is 5.23. The first-order valence-corrected chi connectivity index (χ1v) is 9.31. The van der Waals surface area contributed by atoms with Gasteiger partial charge < -0.3 is 10.2 Å². The van der Waals surface area contributed by atoms with E-state index in [-0.39, 0.29) is 12.1 Å². The van der Waals surface area contributed by atoms with Gasteiger partial charge in [-0.2, -0.15) is 5.10 Å². The maximum atomic E-state index is 13.5. The average molecular weight is 375 g/mol. The summed E-state index contributed by atoms with van der Waals surface area (Å²) < 4.78 is 28.6. The minimum absolute atomic E-state index is 0.000554. The number of carbonyl (C=O) groups excluding carboxylic acids is 1. The Balaban J connectivity index is 1.42. The van der Waals surface area contributed by atoms with Crippen LogP contribution < -0.4 is 5.32 Å². The van der Waals surface area contributed by atoms with Gasteiger partial charge in [-0.05, 0) is 36.6 Å². The highest BCUT2D eigenvalue weighted by atomic mass is 19.2. The fourth-order valence-corrected chi connectivity index (χ4v) is 3.87. The van der Waals surface area contributed by atoms with Gasteiger partial charge in [0.05, 0.1) is 11.7 Å². The molecule has 2 aromatic rings. The molecule has 0 aliphatic carbocycles. The number of fused-ring (bicyclic) bond motifs is 1. The van der Waals surface area contributed by atoms with Crippen LogP contribution in [-0.4, -0.2) is 51.8 Å². The van der Waals surface area contributed by atoms with Crippen molar-refractivity contribution in [1.29, 1.82) is 0 Å². The summed E-state index contributed by atoms with van der Waals surface area (Å²) in [7, 11) is 0. The van der Waals surface area contributed by atoms with E-state index in [9.17, 15) is 13.6 Å². The Labute approximate surface area is 156 Å². The molecule has 0 radical (unpaired) electrons. The number of likely N-dealkylation sites (tertiary alicyclic amines) is 1. The molecular weight excluding hydrogens is 352 g/mol. The second-order valence-corrected chi connectivity index (χ2v) is 7.22. The van der Waals surface area contributed by atoms with Crippen molar-refractivity contribution in [2.45, 2.75) is 32.0 Å². The number of rotatable bonds is 4. The predicted octanol–water partition coefficient (Wildman–Crippen LogP) is 2.52. The molecule has 1 saturated heterocycles. The van der Waals surface area contributed by atoms with Crippen LogP contribution in [0.25, 0.3) is 0 Å². The molecular formula is C19H23F2N5O. The van der Waals surface area contributed by atoms with Crippen molar-refractivity contribution in [3.63, 3.8) is 0 Å². The molecule has 1 N–H and O–H groups in total. The monoisotopic (exact) mass is 375 g/mol. The number of hydrogen-bond donors (Lipinski definition) is 1. The summed E-state index contributed by atoms with van der Waals surface area (Å²) in [6.07, 6.45) is 3.87. The molecule has 0 spiro atoms. The molecule has 0 bridgehead atoms. The van der Waals surface area contributed by atoms with Crippen LogP contribution in [0.3, 0.4) is 0 Å². The minimum atomic E-state index is -0.835. The fraction of sp³-hybridized carbons (Fsp3) is 0.474. The SMILES string of the molecule is O=C(NCC1CN(Cc2ccc(F)c(F)c2)Cc2ccnn21)N1CCCC1. The van der Waals surface area contributed by atoms with E-state index in [1.165, 1.54) is 6.07 Å². The Morgan fingerprint density at radius 3 is 2.78 bits per heavy atom. The van der Waals surface area contributed by atoms with Gasteiger partial charge in [-0.15, -0.1) is 0 Å². The normalized spacial score (nSPS) is 19.9. The zero-order chi connectivity index (χ0) is 18.8. The van der Waals surface area contributed by atoms with Crippen LogP contribution in [-0.2, 0) is 13.1 Å². The van der Waals surface area contributed by atoms with Crippen LogP contribution in [0.5, 0.6) is 0 Å². The standard InChI is InChI=1S/C19H23F2N5O/c20-17-4-3-14(9-18(17)21)11-24-12-15-5-6-23-26(15)16(13-24)10-22-19(27)25-7-1-2-8-25/h3-6,9,16H,1-2,7-8,10-13H2,(H,22,27). The summed E-state index contributed by atoms with van der Waals surface area (Å²) in [6, 6.07) is 5.93. The van der Waals surface area contributed by atoms with E-state index >= 15 is 0 Å². The molecule has 2 amide bonds. The number of halogens is 2. The van der Waals surface area contributed by atoms with Gasteiger partial charge in [-0.25, -0.2) is 13.6 Å². The first-order valence-electron chi connectivity index (χ1n) is 9.31. The van der Waals surface area contributed by atoms with E-state index < -0.39 is 11.6 Å². The summed E-state index contributed by atoms with van der Waals surface area (Å²) in [6.45, 7) is 3.97. The molecule has 1 atom stereocenters. The number of nitrogens with one attached hydrogen (secondary N) is 1. The van der Waals surface area contributed by atoms with Crippen LogP contribution >= 0.6 is 0 Å². The third kappa shape index (κ3) is 3.95. The van der Waals surface area contributed by atoms with Crippen LogP contribution in [0.15, 0.2) is 30.5 Å². The molecule has 1 aromatic carbocycles. The molecule has 6 nitrogen and oxygen atoms in total. The lowest BCUT2D eigenvalue weighted by Crippen LogP contribution is -2.45. The molecule has 1 unspecified atom stereocenters. The number of hydrogen-bond acceptors (Lipinski definition) is 3. The quantitative estimate of drug-likeness (QED) is 0.894. The highest BCUT2D eigenvalue weighted by Crippen LogP contribution is 2.22. The van der Waals surface area contributed by atoms with Crippen molar-refractivity contribution in [2.75, 3.05) is 26.2 Å². The second kappa shape index (κ2) is 7.64. The zero-order valence-electron chi connectivity index (χ0n) is 15.1. The van der Waals surface area contributed by atoms with Gasteiger partial charge in [0.25, 0.3) is 0 Å². The van der Waals surface area contributed by atoms with Crippen LogP contribution in [0.4, 0.5) is 13.6 Å². The van der Waals surface area contributed by atoms with Crippen molar-refractivity contribution in [3.8, 4) is 0 Å². The van der Waals surface area contributed by atoms with Crippen molar-refractivity contribution < 1.29 is 13.6 Å². The van der Waals surface area contributed by atoms with Crippen LogP contribution in [0.2, 0.25) is 0 Å². The van der Waals surface area contributed by atoms with Gasteiger partial charge in [0.1, 0.15) is 0 Å². The van der Waals surface area contributed by atoms with E-state index in [0.717, 1.165) is 43.3 Å². The Bertz CT molecular complexity index is 818. The maximum Gasteiger partial charge on any atom is 0.317 e. The lowest BCUT2D eigenvalue weighted by Gasteiger charge is -2.34. The Morgan fingerprint density at radius 1 is 1.19 bits per heavy atom. The molecule has 3 heterocycles. The van der Waals surface area contributed by atoms with Gasteiger partial charge in [0, 0.05) is 45.5 Å². The van der Waals surface area contributed by atoms with Gasteiger partial charge in [0.2, 0.25) is 0 Å². The summed E-state index contributed by atoms with van der Waals surface area (Å²) in [5, 5.41) is 7.41. The van der Waals surface area contributed by atoms with E-state index in [1.807, 2.05) is 15.6 Å². The van der Waals surface area contributed by atoms with Crippen molar-refractivity contribution >= 4 is 6.03 Å². The smallest absolute Gasteiger partial charge is 0.317 e. The maximum absolute atomic E-state index is 13.5. The highest BCUT2D eigenvalue weighted by molar-refractivity contribution is 5.74. The van der Waals surface area contributed by atoms with E-state index in [4.69, 9.17) is 0 Å². The molecule has 27 heavy (non-hydrogen) atoms. The predicted molar refractivity (Wildman–Crippen MR) is 95.9 cm³/mol. The van der Waals surface area contributed by atoms with E-state index in [1.54, 1.807) is 12.3 Å². The third-order valence-corrected chi connectivity index (χ3v) is 5.23. The lowest BCUT2D eigenvalue weighted by atomic mass is 10.1. The minimum Gasteiger partial charge on any atom is -0.336 e. The molecule has 1 fully saturated rings. The number of nitrogens with zero attached hydrogens (tertiary/aromatic N) is 4. The molecule has 2 aliphatic heterocycles. The van der Waals surface area contributed by atoms with Crippen LogP contribution in [0, 0.1) is 11.6 Å². The fourth-order valence-electron chi connectivity index (χ4n) is 3.87. The summed E-state index contributed by atoms with van der Waals surface area (Å²) >= 11 is 0. The van der Waals surface area contributed by atoms with E-state index in [2.05, 4.69) is 15.3 Å². The van der Waals surface area contributed by atoms with Gasteiger partial charge in [0.15, 0.2) is 11.6 Å². The molecule has 8 heteroatoms. The van der Waals surface area contributed by atoms with Gasteiger partial charge >= 0.3 is 6.03 Å². The van der Waals surface area contributed by atoms with Gasteiger partial charge in [-0.1, -0.05) is 6.07 Å². The number of benzene rings is 1. The van der Waals surface area contributed by atoms with E-state index in [0.29, 0.717) is 26.2 Å². The molecule has 0 saturated carbocycles. The second-order valence-electron chi connectivity index (χ2n) is 7.22. The number of carbonyl (C=O) groups is 1. The van der Waals surface area contributed by atoms with Gasteiger partial charge in [-0.3, -0.25) is 9.58 Å². The molecule has 1 aromatic heterocycles. The zero-order valence-corrected chi connectivity index (χ0v) is 15.1. The molecule has 4 rings (SSSR count). The topological polar surface area (TPSA) is 53.4 Å². The highest BCUT2D eigenvalue weighted by Gasteiger charge is 2.27. The largest absolute Gasteiger partial charge is 0.336 e. The average Bonchev–Trinajstić information content (AvgIpc) is 3.34. The Hall–Kier alpha value is -2.48. The summed E-state index contributed by atoms with van der Waals surface area (Å²) in [5.41, 5.74) is 1.77. The Kier molecular flexibility index (Phi) is 5.07.